The van der Waals surface area contributed by atoms with Gasteiger partial charge in [0, 0.05) is 6.07 Å². The Labute approximate surface area is 143 Å². The molecular weight excluding hydrogens is 330 g/mol. The van der Waals surface area contributed by atoms with E-state index in [1.807, 2.05) is 43.3 Å². The Morgan fingerprint density at radius 3 is 2.75 bits per heavy atom. The first-order valence-corrected chi connectivity index (χ1v) is 7.60. The molecule has 1 aromatic carbocycles. The number of halogens is 1. The van der Waals surface area contributed by atoms with Gasteiger partial charge in [0.1, 0.15) is 11.3 Å². The number of hydrogen-bond donors (Lipinski definition) is 1. The molecule has 122 valence electrons. The second-order valence-corrected chi connectivity index (χ2v) is 5.37. The molecule has 0 fully saturated rings. The van der Waals surface area contributed by atoms with Crippen LogP contribution in [-0.2, 0) is 6.54 Å². The number of benzene rings is 1. The van der Waals surface area contributed by atoms with Gasteiger partial charge in [-0.3, -0.25) is 4.90 Å². The lowest BCUT2D eigenvalue weighted by molar-refractivity contribution is 0.201. The Morgan fingerprint density at radius 2 is 2.08 bits per heavy atom. The fourth-order valence-corrected chi connectivity index (χ4v) is 2.51. The first-order chi connectivity index (χ1) is 11.6. The van der Waals surface area contributed by atoms with Crippen LogP contribution in [-0.4, -0.2) is 21.2 Å². The first-order valence-electron chi connectivity index (χ1n) is 7.22. The SMILES string of the molecule is C/C=C/c1cc2nc(Cl)nc(N(Cc3ccccc3)C(=O)O)c2o1. The van der Waals surface area contributed by atoms with Gasteiger partial charge in [0.15, 0.2) is 11.4 Å². The second-order valence-electron chi connectivity index (χ2n) is 5.03. The smallest absolute Gasteiger partial charge is 0.413 e. The molecule has 1 N–H and O–H groups in total. The summed E-state index contributed by atoms with van der Waals surface area (Å²) in [5.74, 6) is 0.674. The van der Waals surface area contributed by atoms with Crippen molar-refractivity contribution in [1.82, 2.24) is 9.97 Å². The zero-order valence-electron chi connectivity index (χ0n) is 12.8. The number of amides is 1. The van der Waals surface area contributed by atoms with Crippen molar-refractivity contribution < 1.29 is 14.3 Å². The van der Waals surface area contributed by atoms with Crippen molar-refractivity contribution in [2.24, 2.45) is 0 Å². The lowest BCUT2D eigenvalue weighted by Crippen LogP contribution is -2.29. The highest BCUT2D eigenvalue weighted by Gasteiger charge is 2.23. The van der Waals surface area contributed by atoms with E-state index in [-0.39, 0.29) is 23.2 Å². The molecule has 0 aliphatic carbocycles. The van der Waals surface area contributed by atoms with Crippen molar-refractivity contribution >= 4 is 40.7 Å². The maximum atomic E-state index is 11.8. The number of anilines is 1. The van der Waals surface area contributed by atoms with Crippen molar-refractivity contribution in [3.05, 3.63) is 59.1 Å². The Bertz CT molecular complexity index is 906. The van der Waals surface area contributed by atoms with E-state index in [2.05, 4.69) is 9.97 Å². The van der Waals surface area contributed by atoms with Gasteiger partial charge in [-0.1, -0.05) is 36.4 Å². The zero-order valence-corrected chi connectivity index (χ0v) is 13.6. The van der Waals surface area contributed by atoms with Crippen LogP contribution in [0.3, 0.4) is 0 Å². The summed E-state index contributed by atoms with van der Waals surface area (Å²) in [7, 11) is 0. The largest absolute Gasteiger partial charge is 0.465 e. The zero-order chi connectivity index (χ0) is 17.1. The quantitative estimate of drug-likeness (QED) is 0.700. The lowest BCUT2D eigenvalue weighted by Gasteiger charge is -2.18. The molecule has 1 amide bonds. The monoisotopic (exact) mass is 343 g/mol. The van der Waals surface area contributed by atoms with Crippen LogP contribution >= 0.6 is 11.6 Å². The first kappa shape index (κ1) is 16.0. The average Bonchev–Trinajstić information content (AvgIpc) is 2.95. The van der Waals surface area contributed by atoms with Crippen LogP contribution in [0.4, 0.5) is 10.6 Å². The van der Waals surface area contributed by atoms with Gasteiger partial charge in [0.2, 0.25) is 5.28 Å². The molecule has 7 heteroatoms. The van der Waals surface area contributed by atoms with Crippen LogP contribution < -0.4 is 4.90 Å². The molecule has 3 rings (SSSR count). The van der Waals surface area contributed by atoms with Gasteiger partial charge in [-0.25, -0.2) is 9.78 Å². The number of carboxylic acid groups (broad SMARTS) is 1. The van der Waals surface area contributed by atoms with Crippen molar-refractivity contribution in [3.63, 3.8) is 0 Å². The van der Waals surface area contributed by atoms with E-state index in [9.17, 15) is 9.90 Å². The van der Waals surface area contributed by atoms with Gasteiger partial charge >= 0.3 is 6.09 Å². The van der Waals surface area contributed by atoms with Gasteiger partial charge in [-0.05, 0) is 30.2 Å². The van der Waals surface area contributed by atoms with Gasteiger partial charge in [-0.15, -0.1) is 0 Å². The molecule has 0 radical (unpaired) electrons. The summed E-state index contributed by atoms with van der Waals surface area (Å²) in [5.41, 5.74) is 1.56. The third kappa shape index (κ3) is 3.23. The number of allylic oxidation sites excluding steroid dienone is 1. The van der Waals surface area contributed by atoms with E-state index in [1.54, 1.807) is 12.1 Å². The number of rotatable bonds is 4. The predicted octanol–water partition coefficient (Wildman–Crippen LogP) is 4.59. The van der Waals surface area contributed by atoms with Crippen molar-refractivity contribution in [2.75, 3.05) is 4.90 Å². The minimum atomic E-state index is -1.15. The summed E-state index contributed by atoms with van der Waals surface area (Å²) in [5, 5.41) is 9.58. The number of carbonyl (C=O) groups is 1. The fourth-order valence-electron chi connectivity index (χ4n) is 2.33. The molecule has 0 bridgehead atoms. The summed E-state index contributed by atoms with van der Waals surface area (Å²) in [6, 6.07) is 10.9. The number of hydrogen-bond acceptors (Lipinski definition) is 4. The molecule has 24 heavy (non-hydrogen) atoms. The van der Waals surface area contributed by atoms with Crippen LogP contribution in [0.5, 0.6) is 0 Å². The Morgan fingerprint density at radius 1 is 1.33 bits per heavy atom. The summed E-state index contributed by atoms with van der Waals surface area (Å²) >= 11 is 5.96. The van der Waals surface area contributed by atoms with Crippen LogP contribution in [0.25, 0.3) is 17.2 Å². The molecule has 0 unspecified atom stereocenters. The Balaban J connectivity index is 2.11. The maximum absolute atomic E-state index is 11.8. The van der Waals surface area contributed by atoms with E-state index >= 15 is 0 Å². The third-order valence-corrected chi connectivity index (χ3v) is 3.52. The molecule has 0 spiro atoms. The van der Waals surface area contributed by atoms with Crippen molar-refractivity contribution in [3.8, 4) is 0 Å². The Kier molecular flexibility index (Phi) is 4.48. The molecule has 3 aromatic rings. The number of aromatic nitrogens is 2. The molecule has 2 aromatic heterocycles. The van der Waals surface area contributed by atoms with Gasteiger partial charge in [0.05, 0.1) is 6.54 Å². The molecule has 0 atom stereocenters. The van der Waals surface area contributed by atoms with Crippen LogP contribution in [0.1, 0.15) is 18.2 Å². The molecule has 0 saturated carbocycles. The lowest BCUT2D eigenvalue weighted by atomic mass is 10.2. The molecule has 2 heterocycles. The summed E-state index contributed by atoms with van der Waals surface area (Å²) in [6.07, 6.45) is 2.41. The van der Waals surface area contributed by atoms with Crippen LogP contribution in [0, 0.1) is 0 Å². The van der Waals surface area contributed by atoms with E-state index in [0.717, 1.165) is 10.5 Å². The van der Waals surface area contributed by atoms with E-state index in [0.29, 0.717) is 11.3 Å². The van der Waals surface area contributed by atoms with Crippen LogP contribution in [0.2, 0.25) is 5.28 Å². The summed E-state index contributed by atoms with van der Waals surface area (Å²) in [4.78, 5) is 21.0. The van der Waals surface area contributed by atoms with Crippen LogP contribution in [0.15, 0.2) is 46.9 Å². The highest BCUT2D eigenvalue weighted by atomic mass is 35.5. The fraction of sp³-hybridized carbons (Fsp3) is 0.118. The molecule has 0 saturated heterocycles. The minimum absolute atomic E-state index is 0.0374. The molecule has 6 nitrogen and oxygen atoms in total. The predicted molar refractivity (Wildman–Crippen MR) is 92.2 cm³/mol. The number of furan rings is 1. The van der Waals surface area contributed by atoms with Crippen molar-refractivity contribution in [2.45, 2.75) is 13.5 Å². The topological polar surface area (TPSA) is 79.5 Å². The molecule has 0 aliphatic rings. The maximum Gasteiger partial charge on any atom is 0.413 e. The van der Waals surface area contributed by atoms with Gasteiger partial charge in [-0.2, -0.15) is 4.98 Å². The highest BCUT2D eigenvalue weighted by Crippen LogP contribution is 2.30. The number of fused-ring (bicyclic) bond motifs is 1. The second kappa shape index (κ2) is 6.72. The third-order valence-electron chi connectivity index (χ3n) is 3.35. The average molecular weight is 344 g/mol. The van der Waals surface area contributed by atoms with E-state index in [1.165, 1.54) is 0 Å². The normalized spacial score (nSPS) is 11.2. The Hall–Kier alpha value is -2.86. The number of nitrogens with zero attached hydrogens (tertiary/aromatic N) is 3. The van der Waals surface area contributed by atoms with Gasteiger partial charge in [0.25, 0.3) is 0 Å². The van der Waals surface area contributed by atoms with Gasteiger partial charge < -0.3 is 9.52 Å². The van der Waals surface area contributed by atoms with E-state index < -0.39 is 6.09 Å². The summed E-state index contributed by atoms with van der Waals surface area (Å²) in [6.45, 7) is 1.98. The molecular formula is C17H14ClN3O3. The molecule has 0 aliphatic heterocycles. The van der Waals surface area contributed by atoms with E-state index in [4.69, 9.17) is 16.0 Å². The summed E-state index contributed by atoms with van der Waals surface area (Å²) < 4.78 is 5.69. The standard InChI is InChI=1S/C17H14ClN3O3/c1-2-6-12-9-13-14(24-12)15(20-16(18)19-13)21(17(22)23)10-11-7-4-3-5-8-11/h2-9H,10H2,1H3,(H,22,23)/b6-2+. The van der Waals surface area contributed by atoms with Crippen molar-refractivity contribution in [1.29, 1.82) is 0 Å². The minimum Gasteiger partial charge on any atom is -0.465 e. The highest BCUT2D eigenvalue weighted by molar-refractivity contribution is 6.28.